The molecule has 1 aromatic carbocycles. The Morgan fingerprint density at radius 3 is 2.65 bits per heavy atom. The van der Waals surface area contributed by atoms with E-state index in [1.807, 2.05) is 6.20 Å². The zero-order valence-electron chi connectivity index (χ0n) is 12.2. The molecule has 1 heterocycles. The minimum atomic E-state index is 0.546. The maximum Gasteiger partial charge on any atom is 0.136 e. The highest BCUT2D eigenvalue weighted by Crippen LogP contribution is 2.33. The molecule has 0 bridgehead atoms. The highest BCUT2D eigenvalue weighted by atomic mass is 15.2. The van der Waals surface area contributed by atoms with Gasteiger partial charge in [0.25, 0.3) is 0 Å². The van der Waals surface area contributed by atoms with E-state index in [9.17, 15) is 0 Å². The number of aromatic nitrogens is 1. The largest absolute Gasteiger partial charge is 0.356 e. The van der Waals surface area contributed by atoms with E-state index in [0.717, 1.165) is 36.8 Å². The van der Waals surface area contributed by atoms with Crippen molar-refractivity contribution < 1.29 is 0 Å². The van der Waals surface area contributed by atoms with E-state index < -0.39 is 0 Å². The van der Waals surface area contributed by atoms with Crippen LogP contribution in [0.1, 0.15) is 31.7 Å². The Labute approximate surface area is 120 Å². The molecule has 20 heavy (non-hydrogen) atoms. The zero-order valence-corrected chi connectivity index (χ0v) is 12.2. The van der Waals surface area contributed by atoms with Gasteiger partial charge in [-0.1, -0.05) is 31.2 Å². The lowest BCUT2D eigenvalue weighted by atomic mass is 10.1. The predicted octanol–water partition coefficient (Wildman–Crippen LogP) is 3.32. The summed E-state index contributed by atoms with van der Waals surface area (Å²) in [7, 11) is 0. The van der Waals surface area contributed by atoms with E-state index in [2.05, 4.69) is 36.1 Å². The molecule has 0 atom stereocenters. The van der Waals surface area contributed by atoms with Gasteiger partial charge in [-0.2, -0.15) is 0 Å². The molecule has 2 N–H and O–H groups in total. The summed E-state index contributed by atoms with van der Waals surface area (Å²) in [6.45, 7) is 5.00. The number of hydrogen-bond donors (Lipinski definition) is 1. The fourth-order valence-electron chi connectivity index (χ4n) is 2.82. The first-order valence-corrected chi connectivity index (χ1v) is 7.65. The van der Waals surface area contributed by atoms with Crippen molar-refractivity contribution in [3.63, 3.8) is 0 Å². The lowest BCUT2D eigenvalue weighted by molar-refractivity contribution is 0.701. The third-order valence-electron chi connectivity index (χ3n) is 4.05. The molecule has 3 nitrogen and oxygen atoms in total. The molecule has 3 rings (SSSR count). The molecule has 1 fully saturated rings. The Kier molecular flexibility index (Phi) is 3.88. The highest BCUT2D eigenvalue weighted by molar-refractivity contribution is 5.94. The van der Waals surface area contributed by atoms with Gasteiger partial charge in [-0.3, -0.25) is 0 Å². The molecule has 106 valence electrons. The Morgan fingerprint density at radius 2 is 2.00 bits per heavy atom. The van der Waals surface area contributed by atoms with E-state index in [1.165, 1.54) is 23.6 Å². The normalized spacial score (nSPS) is 14.7. The molecule has 0 radical (unpaired) electrons. The van der Waals surface area contributed by atoms with Gasteiger partial charge in [0.15, 0.2) is 0 Å². The van der Waals surface area contributed by atoms with Crippen LogP contribution in [0.5, 0.6) is 0 Å². The van der Waals surface area contributed by atoms with Crippen LogP contribution in [0.3, 0.4) is 0 Å². The third kappa shape index (κ3) is 2.63. The van der Waals surface area contributed by atoms with Crippen LogP contribution < -0.4 is 10.6 Å². The van der Waals surface area contributed by atoms with Gasteiger partial charge in [-0.05, 0) is 36.1 Å². The quantitative estimate of drug-likeness (QED) is 0.874. The predicted molar refractivity (Wildman–Crippen MR) is 84.9 cm³/mol. The maximum atomic E-state index is 5.84. The van der Waals surface area contributed by atoms with Crippen LogP contribution in [0.25, 0.3) is 10.8 Å². The molecule has 3 heteroatoms. The summed E-state index contributed by atoms with van der Waals surface area (Å²) in [4.78, 5) is 7.18. The van der Waals surface area contributed by atoms with Crippen LogP contribution >= 0.6 is 0 Å². The van der Waals surface area contributed by atoms with E-state index in [-0.39, 0.29) is 0 Å². The minimum absolute atomic E-state index is 0.546. The van der Waals surface area contributed by atoms with E-state index in [0.29, 0.717) is 6.54 Å². The summed E-state index contributed by atoms with van der Waals surface area (Å²) >= 11 is 0. The van der Waals surface area contributed by atoms with E-state index in [1.54, 1.807) is 0 Å². The van der Waals surface area contributed by atoms with Gasteiger partial charge in [0.05, 0.1) is 0 Å². The molecular weight excluding hydrogens is 246 g/mol. The molecule has 0 aliphatic heterocycles. The summed E-state index contributed by atoms with van der Waals surface area (Å²) in [5, 5.41) is 2.49. The van der Waals surface area contributed by atoms with Crippen LogP contribution in [0, 0.1) is 5.92 Å². The van der Waals surface area contributed by atoms with Crippen molar-refractivity contribution in [3.8, 4) is 0 Å². The molecule has 0 unspecified atom stereocenters. The summed E-state index contributed by atoms with van der Waals surface area (Å²) in [6.07, 6.45) is 5.85. The number of nitrogens with zero attached hydrogens (tertiary/aromatic N) is 2. The average Bonchev–Trinajstić information content (AvgIpc) is 3.30. The van der Waals surface area contributed by atoms with Gasteiger partial charge in [0.1, 0.15) is 5.82 Å². The third-order valence-corrected chi connectivity index (χ3v) is 4.05. The molecule has 1 aliphatic carbocycles. The maximum absolute atomic E-state index is 5.84. The molecule has 1 aromatic heterocycles. The van der Waals surface area contributed by atoms with Gasteiger partial charge in [0.2, 0.25) is 0 Å². The number of anilines is 1. The lowest BCUT2D eigenvalue weighted by Crippen LogP contribution is -2.27. The molecule has 0 saturated heterocycles. The van der Waals surface area contributed by atoms with Crippen molar-refractivity contribution >= 4 is 16.6 Å². The number of fused-ring (bicyclic) bond motifs is 1. The Balaban J connectivity index is 2.04. The van der Waals surface area contributed by atoms with Crippen molar-refractivity contribution in [2.24, 2.45) is 11.7 Å². The number of rotatable bonds is 6. The van der Waals surface area contributed by atoms with Crippen LogP contribution in [-0.4, -0.2) is 18.1 Å². The first-order chi connectivity index (χ1) is 9.83. The average molecular weight is 269 g/mol. The minimum Gasteiger partial charge on any atom is -0.356 e. The Bertz CT molecular complexity index is 590. The van der Waals surface area contributed by atoms with Crippen LogP contribution in [0.2, 0.25) is 0 Å². The standard InChI is InChI=1S/C17H23N3/c1-2-9-20(12-13-7-8-13)17-16-6-4-3-5-15(16)14(10-18)11-19-17/h3-6,11,13H,2,7-10,12,18H2,1H3. The molecule has 2 aromatic rings. The van der Waals surface area contributed by atoms with Gasteiger partial charge in [-0.25, -0.2) is 4.98 Å². The van der Waals surface area contributed by atoms with E-state index >= 15 is 0 Å². The smallest absolute Gasteiger partial charge is 0.136 e. The van der Waals surface area contributed by atoms with Crippen molar-refractivity contribution in [3.05, 3.63) is 36.0 Å². The fraction of sp³-hybridized carbons (Fsp3) is 0.471. The van der Waals surface area contributed by atoms with Crippen LogP contribution in [0.15, 0.2) is 30.5 Å². The number of hydrogen-bond acceptors (Lipinski definition) is 3. The number of nitrogens with two attached hydrogens (primary N) is 1. The van der Waals surface area contributed by atoms with Gasteiger partial charge >= 0.3 is 0 Å². The number of benzene rings is 1. The second-order valence-corrected chi connectivity index (χ2v) is 5.75. The van der Waals surface area contributed by atoms with Crippen molar-refractivity contribution in [1.29, 1.82) is 0 Å². The molecular formula is C17H23N3. The second-order valence-electron chi connectivity index (χ2n) is 5.75. The molecule has 0 spiro atoms. The SMILES string of the molecule is CCCN(CC1CC1)c1ncc(CN)c2ccccc12. The second kappa shape index (κ2) is 5.80. The lowest BCUT2D eigenvalue weighted by Gasteiger charge is -2.25. The topological polar surface area (TPSA) is 42.2 Å². The van der Waals surface area contributed by atoms with Crippen molar-refractivity contribution in [1.82, 2.24) is 4.98 Å². The summed E-state index contributed by atoms with van der Waals surface area (Å²) in [5.74, 6) is 2.00. The first-order valence-electron chi connectivity index (χ1n) is 7.65. The van der Waals surface area contributed by atoms with Gasteiger partial charge < -0.3 is 10.6 Å². The van der Waals surface area contributed by atoms with Crippen LogP contribution in [-0.2, 0) is 6.54 Å². The summed E-state index contributed by atoms with van der Waals surface area (Å²) in [5.41, 5.74) is 6.97. The molecule has 0 amide bonds. The number of pyridine rings is 1. The molecule has 1 aliphatic rings. The molecule has 1 saturated carbocycles. The fourth-order valence-corrected chi connectivity index (χ4v) is 2.82. The summed E-state index contributed by atoms with van der Waals surface area (Å²) < 4.78 is 0. The van der Waals surface area contributed by atoms with Gasteiger partial charge in [-0.15, -0.1) is 0 Å². The highest BCUT2D eigenvalue weighted by Gasteiger charge is 2.25. The van der Waals surface area contributed by atoms with Crippen LogP contribution in [0.4, 0.5) is 5.82 Å². The van der Waals surface area contributed by atoms with Gasteiger partial charge in [0, 0.05) is 31.2 Å². The first kappa shape index (κ1) is 13.4. The van der Waals surface area contributed by atoms with Crippen molar-refractivity contribution in [2.75, 3.05) is 18.0 Å². The monoisotopic (exact) mass is 269 g/mol. The van der Waals surface area contributed by atoms with E-state index in [4.69, 9.17) is 10.7 Å². The Morgan fingerprint density at radius 1 is 1.25 bits per heavy atom. The zero-order chi connectivity index (χ0) is 13.9. The van der Waals surface area contributed by atoms with Crippen molar-refractivity contribution in [2.45, 2.75) is 32.7 Å². The summed E-state index contributed by atoms with van der Waals surface area (Å²) in [6, 6.07) is 8.50. The Hall–Kier alpha value is -1.61.